The molecule has 1 amide bonds. The minimum Gasteiger partial charge on any atom is -0.493 e. The van der Waals surface area contributed by atoms with Crippen molar-refractivity contribution in [3.63, 3.8) is 0 Å². The zero-order valence-corrected chi connectivity index (χ0v) is 13.0. The third-order valence-electron chi connectivity index (χ3n) is 3.43. The van der Waals surface area contributed by atoms with Gasteiger partial charge in [0.05, 0.1) is 19.5 Å². The Morgan fingerprint density at radius 3 is 2.45 bits per heavy atom. The van der Waals surface area contributed by atoms with E-state index in [1.807, 2.05) is 30.0 Å². The molecule has 2 rings (SSSR count). The number of hydrogen-bond donors (Lipinski definition) is 0. The molecule has 1 fully saturated rings. The Balaban J connectivity index is 2.03. The third kappa shape index (κ3) is 3.39. The minimum absolute atomic E-state index is 0.0776. The molecular weight excluding hydrogens is 274 g/mol. The van der Waals surface area contributed by atoms with Crippen LogP contribution in [-0.4, -0.2) is 43.4 Å². The van der Waals surface area contributed by atoms with Crippen LogP contribution in [0.5, 0.6) is 11.5 Å². The molecule has 0 bridgehead atoms. The highest BCUT2D eigenvalue weighted by atomic mass is 32.2. The fraction of sp³-hybridized carbons (Fsp3) is 0.533. The predicted molar refractivity (Wildman–Crippen MR) is 80.7 cm³/mol. The van der Waals surface area contributed by atoms with Gasteiger partial charge in [-0.05, 0) is 38.0 Å². The highest BCUT2D eigenvalue weighted by molar-refractivity contribution is 8.00. The van der Waals surface area contributed by atoms with Crippen LogP contribution in [0.2, 0.25) is 0 Å². The molecule has 1 atom stereocenters. The number of hydrogen-bond acceptors (Lipinski definition) is 4. The first-order chi connectivity index (χ1) is 9.65. The van der Waals surface area contributed by atoms with Crippen molar-refractivity contribution in [3.8, 4) is 11.5 Å². The standard InChI is InChI=1S/C15H21NO3S/c1-11(15(17)16-8-4-5-9-16)20-12-6-7-13(18-2)14(10-12)19-3/h6-7,10-11H,4-5,8-9H2,1-3H3/t11-/m1/s1. The van der Waals surface area contributed by atoms with E-state index in [1.165, 1.54) is 0 Å². The van der Waals surface area contributed by atoms with Crippen molar-refractivity contribution in [2.24, 2.45) is 0 Å². The molecule has 0 N–H and O–H groups in total. The number of methoxy groups -OCH3 is 2. The van der Waals surface area contributed by atoms with E-state index in [4.69, 9.17) is 9.47 Å². The predicted octanol–water partition coefficient (Wildman–Crippen LogP) is 2.81. The highest BCUT2D eigenvalue weighted by Gasteiger charge is 2.24. The lowest BCUT2D eigenvalue weighted by atomic mass is 10.3. The van der Waals surface area contributed by atoms with Gasteiger partial charge < -0.3 is 14.4 Å². The molecule has 1 aromatic carbocycles. The molecule has 1 aliphatic heterocycles. The van der Waals surface area contributed by atoms with E-state index < -0.39 is 0 Å². The lowest BCUT2D eigenvalue weighted by Gasteiger charge is -2.20. The third-order valence-corrected chi connectivity index (χ3v) is 4.51. The second-order valence-corrected chi connectivity index (χ2v) is 6.22. The normalized spacial score (nSPS) is 16.1. The molecule has 0 unspecified atom stereocenters. The summed E-state index contributed by atoms with van der Waals surface area (Å²) in [5, 5.41) is -0.0776. The van der Waals surface area contributed by atoms with Crippen LogP contribution in [-0.2, 0) is 4.79 Å². The van der Waals surface area contributed by atoms with Gasteiger partial charge in [-0.25, -0.2) is 0 Å². The average Bonchev–Trinajstić information content (AvgIpc) is 3.00. The van der Waals surface area contributed by atoms with Crippen LogP contribution in [0, 0.1) is 0 Å². The molecule has 0 radical (unpaired) electrons. The van der Waals surface area contributed by atoms with E-state index in [-0.39, 0.29) is 11.2 Å². The fourth-order valence-electron chi connectivity index (χ4n) is 2.34. The second-order valence-electron chi connectivity index (χ2n) is 4.81. The van der Waals surface area contributed by atoms with E-state index in [2.05, 4.69) is 0 Å². The SMILES string of the molecule is COc1ccc(S[C@H](C)C(=O)N2CCCC2)cc1OC. The zero-order valence-electron chi connectivity index (χ0n) is 12.2. The molecule has 1 saturated heterocycles. The Kier molecular flexibility index (Phi) is 5.17. The maximum Gasteiger partial charge on any atom is 0.235 e. The quantitative estimate of drug-likeness (QED) is 0.783. The van der Waals surface area contributed by atoms with Crippen LogP contribution in [0.4, 0.5) is 0 Å². The molecule has 0 aliphatic carbocycles. The molecule has 0 saturated carbocycles. The number of ether oxygens (including phenoxy) is 2. The molecule has 1 aromatic rings. The molecule has 1 heterocycles. The van der Waals surface area contributed by atoms with Crippen molar-refractivity contribution in [2.75, 3.05) is 27.3 Å². The maximum atomic E-state index is 12.3. The lowest BCUT2D eigenvalue weighted by molar-refractivity contribution is -0.129. The number of rotatable bonds is 5. The zero-order chi connectivity index (χ0) is 14.5. The second kappa shape index (κ2) is 6.88. The summed E-state index contributed by atoms with van der Waals surface area (Å²) in [5.41, 5.74) is 0. The van der Waals surface area contributed by atoms with Crippen LogP contribution in [0.25, 0.3) is 0 Å². The van der Waals surface area contributed by atoms with E-state index in [0.717, 1.165) is 30.8 Å². The maximum absolute atomic E-state index is 12.3. The average molecular weight is 295 g/mol. The molecule has 110 valence electrons. The first-order valence-corrected chi connectivity index (χ1v) is 7.71. The van der Waals surface area contributed by atoms with Gasteiger partial charge in [-0.2, -0.15) is 0 Å². The number of benzene rings is 1. The van der Waals surface area contributed by atoms with Gasteiger partial charge in [0.15, 0.2) is 11.5 Å². The Morgan fingerprint density at radius 1 is 1.20 bits per heavy atom. The minimum atomic E-state index is -0.0776. The largest absolute Gasteiger partial charge is 0.493 e. The monoisotopic (exact) mass is 295 g/mol. The summed E-state index contributed by atoms with van der Waals surface area (Å²) in [6.07, 6.45) is 2.25. The lowest BCUT2D eigenvalue weighted by Crippen LogP contribution is -2.33. The van der Waals surface area contributed by atoms with Crippen molar-refractivity contribution in [2.45, 2.75) is 29.9 Å². The summed E-state index contributed by atoms with van der Waals surface area (Å²) < 4.78 is 10.5. The molecule has 20 heavy (non-hydrogen) atoms. The Bertz CT molecular complexity index is 472. The number of amides is 1. The van der Waals surface area contributed by atoms with Crippen LogP contribution in [0.1, 0.15) is 19.8 Å². The number of thioether (sulfide) groups is 1. The van der Waals surface area contributed by atoms with Gasteiger partial charge in [-0.3, -0.25) is 4.79 Å². The topological polar surface area (TPSA) is 38.8 Å². The van der Waals surface area contributed by atoms with Gasteiger partial charge in [0.2, 0.25) is 5.91 Å². The molecule has 5 heteroatoms. The van der Waals surface area contributed by atoms with Crippen molar-refractivity contribution in [1.29, 1.82) is 0 Å². The number of nitrogens with zero attached hydrogens (tertiary/aromatic N) is 1. The summed E-state index contributed by atoms with van der Waals surface area (Å²) in [6, 6.07) is 5.74. The molecule has 0 spiro atoms. The van der Waals surface area contributed by atoms with Gasteiger partial charge in [0.1, 0.15) is 0 Å². The summed E-state index contributed by atoms with van der Waals surface area (Å²) in [4.78, 5) is 15.2. The van der Waals surface area contributed by atoms with Crippen LogP contribution >= 0.6 is 11.8 Å². The fourth-order valence-corrected chi connectivity index (χ4v) is 3.32. The summed E-state index contributed by atoms with van der Waals surface area (Å²) in [5.74, 6) is 1.62. The Hall–Kier alpha value is -1.36. The van der Waals surface area contributed by atoms with Gasteiger partial charge in [-0.1, -0.05) is 0 Å². The van der Waals surface area contributed by atoms with E-state index in [1.54, 1.807) is 26.0 Å². The molecule has 1 aliphatic rings. The smallest absolute Gasteiger partial charge is 0.235 e. The molecular formula is C15H21NO3S. The van der Waals surface area contributed by atoms with Gasteiger partial charge >= 0.3 is 0 Å². The number of carbonyl (C=O) groups excluding carboxylic acids is 1. The number of likely N-dealkylation sites (tertiary alicyclic amines) is 1. The van der Waals surface area contributed by atoms with E-state index in [0.29, 0.717) is 11.5 Å². The van der Waals surface area contributed by atoms with E-state index in [9.17, 15) is 4.79 Å². The Labute approximate surface area is 124 Å². The van der Waals surface area contributed by atoms with Gasteiger partial charge in [0, 0.05) is 18.0 Å². The van der Waals surface area contributed by atoms with Crippen molar-refractivity contribution >= 4 is 17.7 Å². The summed E-state index contributed by atoms with van der Waals surface area (Å²) in [7, 11) is 3.23. The first-order valence-electron chi connectivity index (χ1n) is 6.83. The first kappa shape index (κ1) is 15.0. The van der Waals surface area contributed by atoms with Crippen molar-refractivity contribution < 1.29 is 14.3 Å². The summed E-state index contributed by atoms with van der Waals surface area (Å²) >= 11 is 1.56. The van der Waals surface area contributed by atoms with Crippen LogP contribution in [0.3, 0.4) is 0 Å². The molecule has 0 aromatic heterocycles. The van der Waals surface area contributed by atoms with Crippen LogP contribution < -0.4 is 9.47 Å². The Morgan fingerprint density at radius 2 is 1.85 bits per heavy atom. The highest BCUT2D eigenvalue weighted by Crippen LogP contribution is 2.34. The van der Waals surface area contributed by atoms with Crippen LogP contribution in [0.15, 0.2) is 23.1 Å². The van der Waals surface area contributed by atoms with Gasteiger partial charge in [0.25, 0.3) is 0 Å². The van der Waals surface area contributed by atoms with Gasteiger partial charge in [-0.15, -0.1) is 11.8 Å². The van der Waals surface area contributed by atoms with E-state index >= 15 is 0 Å². The summed E-state index contributed by atoms with van der Waals surface area (Å²) in [6.45, 7) is 3.76. The van der Waals surface area contributed by atoms with Crippen molar-refractivity contribution in [1.82, 2.24) is 4.90 Å². The van der Waals surface area contributed by atoms with Crippen molar-refractivity contribution in [3.05, 3.63) is 18.2 Å². The number of carbonyl (C=O) groups is 1. The molecule has 4 nitrogen and oxygen atoms in total.